The fourth-order valence-electron chi connectivity index (χ4n) is 4.11. The predicted octanol–water partition coefficient (Wildman–Crippen LogP) is 3.59. The lowest BCUT2D eigenvalue weighted by Crippen LogP contribution is -2.27. The molecule has 0 aromatic carbocycles. The van der Waals surface area contributed by atoms with Gasteiger partial charge in [0.15, 0.2) is 0 Å². The summed E-state index contributed by atoms with van der Waals surface area (Å²) in [5, 5.41) is 3.73. The Hall–Kier alpha value is -0.0400. The summed E-state index contributed by atoms with van der Waals surface area (Å²) in [6.45, 7) is 3.68. The van der Waals surface area contributed by atoms with Gasteiger partial charge in [-0.15, -0.1) is 0 Å². The van der Waals surface area contributed by atoms with Crippen molar-refractivity contribution in [1.82, 2.24) is 5.32 Å². The third-order valence-corrected chi connectivity index (χ3v) is 5.37. The van der Waals surface area contributed by atoms with Gasteiger partial charge in [0, 0.05) is 6.04 Å². The van der Waals surface area contributed by atoms with Crippen LogP contribution in [0.2, 0.25) is 0 Å². The van der Waals surface area contributed by atoms with E-state index in [4.69, 9.17) is 0 Å². The molecule has 0 saturated heterocycles. The molecule has 3 aliphatic carbocycles. The van der Waals surface area contributed by atoms with Crippen LogP contribution < -0.4 is 5.32 Å². The lowest BCUT2D eigenvalue weighted by atomic mass is 9.81. The van der Waals surface area contributed by atoms with Gasteiger partial charge in [0.1, 0.15) is 0 Å². The Morgan fingerprint density at radius 2 is 2.00 bits per heavy atom. The number of hydrogen-bond donors (Lipinski definition) is 1. The highest BCUT2D eigenvalue weighted by atomic mass is 14.9. The minimum Gasteiger partial charge on any atom is -0.314 e. The van der Waals surface area contributed by atoms with Crippen LogP contribution in [0.25, 0.3) is 0 Å². The minimum absolute atomic E-state index is 0.897. The number of rotatable bonds is 6. The normalized spacial score (nSPS) is 39.2. The lowest BCUT2D eigenvalue weighted by Gasteiger charge is -2.26. The molecule has 3 fully saturated rings. The molecule has 1 heteroatoms. The molecule has 92 valence electrons. The molecule has 0 radical (unpaired) electrons. The van der Waals surface area contributed by atoms with E-state index < -0.39 is 0 Å². The summed E-state index contributed by atoms with van der Waals surface area (Å²) in [5.74, 6) is 4.32. The van der Waals surface area contributed by atoms with Crippen LogP contribution in [-0.2, 0) is 0 Å². The third kappa shape index (κ3) is 2.45. The molecule has 0 aromatic heterocycles. The summed E-state index contributed by atoms with van der Waals surface area (Å²) in [4.78, 5) is 0. The van der Waals surface area contributed by atoms with Crippen molar-refractivity contribution >= 4 is 0 Å². The van der Waals surface area contributed by atoms with Crippen molar-refractivity contribution in [2.75, 3.05) is 6.54 Å². The van der Waals surface area contributed by atoms with E-state index in [1.54, 1.807) is 25.7 Å². The molecule has 0 spiro atoms. The Morgan fingerprint density at radius 1 is 1.12 bits per heavy atom. The summed E-state index contributed by atoms with van der Waals surface area (Å²) in [7, 11) is 0. The van der Waals surface area contributed by atoms with E-state index >= 15 is 0 Å². The van der Waals surface area contributed by atoms with Gasteiger partial charge in [-0.05, 0) is 68.7 Å². The van der Waals surface area contributed by atoms with Gasteiger partial charge in [0.25, 0.3) is 0 Å². The van der Waals surface area contributed by atoms with E-state index in [0.717, 1.165) is 29.7 Å². The molecule has 4 unspecified atom stereocenters. The van der Waals surface area contributed by atoms with Gasteiger partial charge in [-0.2, -0.15) is 0 Å². The average molecular weight is 221 g/mol. The molecule has 1 nitrogen and oxygen atoms in total. The number of fused-ring (bicyclic) bond motifs is 2. The highest BCUT2D eigenvalue weighted by Gasteiger charge is 2.39. The first-order chi connectivity index (χ1) is 7.85. The van der Waals surface area contributed by atoms with Crippen LogP contribution in [0.5, 0.6) is 0 Å². The summed E-state index contributed by atoms with van der Waals surface area (Å²) in [5.41, 5.74) is 0. The third-order valence-electron chi connectivity index (χ3n) is 5.37. The van der Waals surface area contributed by atoms with Crippen LogP contribution >= 0.6 is 0 Å². The van der Waals surface area contributed by atoms with Crippen LogP contribution in [0, 0.1) is 23.7 Å². The van der Waals surface area contributed by atoms with Gasteiger partial charge in [-0.25, -0.2) is 0 Å². The van der Waals surface area contributed by atoms with Crippen molar-refractivity contribution < 1.29 is 0 Å². The first-order valence-corrected chi connectivity index (χ1v) is 7.58. The molecule has 4 atom stereocenters. The van der Waals surface area contributed by atoms with Crippen molar-refractivity contribution in [3.8, 4) is 0 Å². The average Bonchev–Trinajstić information content (AvgIpc) is 2.90. The maximum absolute atomic E-state index is 3.73. The SMILES string of the molecule is CCC(CNC1CC1)CC1CC2CCC1C2. The maximum Gasteiger partial charge on any atom is 0.00683 e. The summed E-state index contributed by atoms with van der Waals surface area (Å²) < 4.78 is 0. The highest BCUT2D eigenvalue weighted by molar-refractivity contribution is 4.91. The second-order valence-corrected chi connectivity index (χ2v) is 6.63. The predicted molar refractivity (Wildman–Crippen MR) is 68.4 cm³/mol. The van der Waals surface area contributed by atoms with Crippen LogP contribution in [0.4, 0.5) is 0 Å². The number of nitrogens with one attached hydrogen (secondary N) is 1. The van der Waals surface area contributed by atoms with E-state index in [1.807, 2.05) is 0 Å². The molecule has 0 aliphatic heterocycles. The van der Waals surface area contributed by atoms with Crippen molar-refractivity contribution in [3.63, 3.8) is 0 Å². The summed E-state index contributed by atoms with van der Waals surface area (Å²) >= 11 is 0. The van der Waals surface area contributed by atoms with Gasteiger partial charge < -0.3 is 5.32 Å². The van der Waals surface area contributed by atoms with Gasteiger partial charge in [0.2, 0.25) is 0 Å². The Labute approximate surface area is 100 Å². The highest BCUT2D eigenvalue weighted by Crippen LogP contribution is 2.50. The van der Waals surface area contributed by atoms with E-state index in [1.165, 1.54) is 32.2 Å². The van der Waals surface area contributed by atoms with Gasteiger partial charge in [-0.1, -0.05) is 19.8 Å². The van der Waals surface area contributed by atoms with Crippen LogP contribution in [0.15, 0.2) is 0 Å². The van der Waals surface area contributed by atoms with Gasteiger partial charge in [0.05, 0.1) is 0 Å². The van der Waals surface area contributed by atoms with Crippen molar-refractivity contribution in [2.24, 2.45) is 23.7 Å². The Morgan fingerprint density at radius 3 is 2.56 bits per heavy atom. The molecule has 16 heavy (non-hydrogen) atoms. The Balaban J connectivity index is 1.44. The first-order valence-electron chi connectivity index (χ1n) is 7.58. The van der Waals surface area contributed by atoms with Gasteiger partial charge in [-0.3, -0.25) is 0 Å². The topological polar surface area (TPSA) is 12.0 Å². The van der Waals surface area contributed by atoms with Gasteiger partial charge >= 0.3 is 0 Å². The largest absolute Gasteiger partial charge is 0.314 e. The second kappa shape index (κ2) is 4.68. The van der Waals surface area contributed by atoms with Crippen molar-refractivity contribution in [1.29, 1.82) is 0 Å². The standard InChI is InChI=1S/C15H27N/c1-2-11(10-16-15-5-6-15)7-14-9-12-3-4-13(14)8-12/h11-16H,2-10H2,1H3. The van der Waals surface area contributed by atoms with E-state index in [-0.39, 0.29) is 0 Å². The summed E-state index contributed by atoms with van der Waals surface area (Å²) in [6, 6.07) is 0.897. The smallest absolute Gasteiger partial charge is 0.00683 e. The maximum atomic E-state index is 3.73. The quantitative estimate of drug-likeness (QED) is 0.723. The lowest BCUT2D eigenvalue weighted by molar-refractivity contribution is 0.258. The minimum atomic E-state index is 0.897. The fourth-order valence-corrected chi connectivity index (χ4v) is 4.11. The molecule has 0 aromatic rings. The molecule has 0 amide bonds. The monoisotopic (exact) mass is 221 g/mol. The zero-order valence-electron chi connectivity index (χ0n) is 10.8. The molecular formula is C15H27N. The van der Waals surface area contributed by atoms with Crippen molar-refractivity contribution in [3.05, 3.63) is 0 Å². The zero-order chi connectivity index (χ0) is 11.0. The molecule has 3 aliphatic rings. The Kier molecular flexibility index (Phi) is 3.24. The number of hydrogen-bond acceptors (Lipinski definition) is 1. The molecular weight excluding hydrogens is 194 g/mol. The van der Waals surface area contributed by atoms with Crippen LogP contribution in [0.1, 0.15) is 58.3 Å². The molecule has 3 saturated carbocycles. The first kappa shape index (κ1) is 11.1. The molecule has 3 rings (SSSR count). The zero-order valence-corrected chi connectivity index (χ0v) is 10.8. The molecule has 0 heterocycles. The molecule has 1 N–H and O–H groups in total. The Bertz CT molecular complexity index is 234. The second-order valence-electron chi connectivity index (χ2n) is 6.63. The van der Waals surface area contributed by atoms with Crippen LogP contribution in [0.3, 0.4) is 0 Å². The van der Waals surface area contributed by atoms with Crippen LogP contribution in [-0.4, -0.2) is 12.6 Å². The van der Waals surface area contributed by atoms with Crippen molar-refractivity contribution in [2.45, 2.75) is 64.3 Å². The fraction of sp³-hybridized carbons (Fsp3) is 1.00. The van der Waals surface area contributed by atoms with E-state index in [2.05, 4.69) is 12.2 Å². The van der Waals surface area contributed by atoms with E-state index in [0.29, 0.717) is 0 Å². The molecule has 2 bridgehead atoms. The summed E-state index contributed by atoms with van der Waals surface area (Å²) in [6.07, 6.45) is 12.0. The van der Waals surface area contributed by atoms with E-state index in [9.17, 15) is 0 Å².